The van der Waals surface area contributed by atoms with Gasteiger partial charge in [-0.3, -0.25) is 9.59 Å². The number of Topliss-reactive ketones (excluding diaryl/α,β-unsaturated/α-hetero) is 2. The Morgan fingerprint density at radius 1 is 1.04 bits per heavy atom. The second-order valence-electron chi connectivity index (χ2n) is 17.6. The molecule has 0 aliphatic heterocycles. The molecule has 0 radical (unpaired) electrons. The van der Waals surface area contributed by atoms with E-state index >= 15 is 0 Å². The number of ketones is 2. The largest absolute Gasteiger partial charge is 0.478 e. The molecule has 2 fully saturated rings. The number of carbonyl (C=O) groups is 3. The number of rotatable bonds is 12. The highest BCUT2D eigenvalue weighted by Crippen LogP contribution is 2.72. The number of nitrogens with one attached hydrogen (secondary N) is 1. The van der Waals surface area contributed by atoms with E-state index in [4.69, 9.17) is 0 Å². The second-order valence-corrected chi connectivity index (χ2v) is 17.6. The Kier molecular flexibility index (Phi) is 11.4. The summed E-state index contributed by atoms with van der Waals surface area (Å²) in [5.41, 5.74) is -1.28. The number of hydrogen-bond donors (Lipinski definition) is 6. The van der Waals surface area contributed by atoms with Gasteiger partial charge in [0.2, 0.25) is 0 Å². The lowest BCUT2D eigenvalue weighted by molar-refractivity contribution is -0.151. The first-order valence-electron chi connectivity index (χ1n) is 19.2. The zero-order valence-electron chi connectivity index (χ0n) is 32.2. The van der Waals surface area contributed by atoms with Gasteiger partial charge in [-0.1, -0.05) is 91.0 Å². The molecule has 6 N–H and O–H groups in total. The highest BCUT2D eigenvalue weighted by molar-refractivity contribution is 6.01. The molecule has 0 unspecified atom stereocenters. The Bertz CT molecular complexity index is 1630. The molecule has 2 saturated carbocycles. The van der Waals surface area contributed by atoms with Gasteiger partial charge in [-0.05, 0) is 66.7 Å². The number of carboxylic acids is 1. The first kappa shape index (κ1) is 40.2. The number of aliphatic hydroxyl groups is 4. The molecule has 52 heavy (non-hydrogen) atoms. The zero-order valence-corrected chi connectivity index (χ0v) is 32.2. The fourth-order valence-corrected chi connectivity index (χ4v) is 11.5. The lowest BCUT2D eigenvalue weighted by Gasteiger charge is -2.63. The van der Waals surface area contributed by atoms with E-state index in [0.717, 1.165) is 5.56 Å². The van der Waals surface area contributed by atoms with Crippen LogP contribution in [0.3, 0.4) is 0 Å². The maximum absolute atomic E-state index is 14.9. The van der Waals surface area contributed by atoms with Crippen molar-refractivity contribution in [1.82, 2.24) is 5.32 Å². The van der Waals surface area contributed by atoms with Crippen LogP contribution in [0.15, 0.2) is 59.2 Å². The monoisotopic (exact) mass is 719 g/mol. The van der Waals surface area contributed by atoms with Crippen LogP contribution in [-0.2, 0) is 14.4 Å². The van der Waals surface area contributed by atoms with Crippen LogP contribution in [0.1, 0.15) is 93.1 Å². The Morgan fingerprint density at radius 3 is 2.29 bits per heavy atom. The molecule has 0 amide bonds. The Hall–Kier alpha value is -2.95. The highest BCUT2D eigenvalue weighted by atomic mass is 16.4. The Labute approximate surface area is 309 Å². The van der Waals surface area contributed by atoms with Crippen molar-refractivity contribution in [1.29, 1.82) is 0 Å². The van der Waals surface area contributed by atoms with Gasteiger partial charge in [0, 0.05) is 65.0 Å². The standard InChI is InChI=1S/C43H61NO8/c1-9-44-23-29(31(46)20-27(39(51)52)19-24(2)45)25(3)30-21-34(49)43(8)36-35(32(47)22-42(30,43)7)41(6)18-17-33(48)40(4,5)38(41)28(37(36)50)16-15-26-13-11-10-12-14-26/h10-16,20,24-25,28-31,34,37-38,44-46,49-50H,9,17-19,21-23H2,1-8H3,(H,51,52)/t24-,25+,28-,29+,30-,31+,34-,37+,38-,41+,42+,43+/m0/s1. The summed E-state index contributed by atoms with van der Waals surface area (Å²) in [7, 11) is 0. The number of carboxylic acid groups (broad SMARTS) is 1. The highest BCUT2D eigenvalue weighted by Gasteiger charge is 2.71. The molecule has 9 nitrogen and oxygen atoms in total. The topological polar surface area (TPSA) is 164 Å². The lowest BCUT2D eigenvalue weighted by atomic mass is 9.40. The van der Waals surface area contributed by atoms with Gasteiger partial charge in [0.05, 0.1) is 24.4 Å². The first-order valence-corrected chi connectivity index (χ1v) is 19.2. The van der Waals surface area contributed by atoms with Crippen LogP contribution in [0.4, 0.5) is 0 Å². The van der Waals surface area contributed by atoms with E-state index in [1.54, 1.807) is 0 Å². The maximum atomic E-state index is 14.9. The second kappa shape index (κ2) is 14.7. The predicted octanol–water partition coefficient (Wildman–Crippen LogP) is 5.37. The molecular weight excluding hydrogens is 658 g/mol. The number of allylic oxidation sites excluding steroid dienone is 1. The zero-order chi connectivity index (χ0) is 38.6. The summed E-state index contributed by atoms with van der Waals surface area (Å²) in [6, 6.07) is 9.81. The molecule has 9 heteroatoms. The van der Waals surface area contributed by atoms with Crippen LogP contribution in [0, 0.1) is 51.2 Å². The minimum atomic E-state index is -1.20. The minimum Gasteiger partial charge on any atom is -0.478 e. The number of benzene rings is 1. The van der Waals surface area contributed by atoms with E-state index in [0.29, 0.717) is 43.5 Å². The smallest absolute Gasteiger partial charge is 0.331 e. The molecule has 0 heterocycles. The number of fused-ring (bicyclic) bond motifs is 4. The molecule has 5 rings (SSSR count). The van der Waals surface area contributed by atoms with E-state index in [1.807, 2.05) is 84.0 Å². The van der Waals surface area contributed by atoms with Crippen molar-refractivity contribution < 1.29 is 39.9 Å². The fraction of sp³-hybridized carbons (Fsp3) is 0.651. The van der Waals surface area contributed by atoms with Crippen molar-refractivity contribution in [2.24, 2.45) is 51.2 Å². The van der Waals surface area contributed by atoms with Gasteiger partial charge in [0.25, 0.3) is 0 Å². The number of aliphatic hydroxyl groups excluding tert-OH is 4. The van der Waals surface area contributed by atoms with Crippen molar-refractivity contribution in [2.75, 3.05) is 13.1 Å². The third-order valence-corrected chi connectivity index (χ3v) is 14.3. The Morgan fingerprint density at radius 2 is 1.69 bits per heavy atom. The molecule has 1 aromatic carbocycles. The molecule has 4 aliphatic rings. The van der Waals surface area contributed by atoms with Crippen LogP contribution < -0.4 is 5.32 Å². The van der Waals surface area contributed by atoms with Crippen molar-refractivity contribution in [2.45, 2.75) is 112 Å². The third-order valence-electron chi connectivity index (χ3n) is 14.3. The normalized spacial score (nSPS) is 36.9. The van der Waals surface area contributed by atoms with E-state index < -0.39 is 63.9 Å². The van der Waals surface area contributed by atoms with Crippen LogP contribution in [0.2, 0.25) is 0 Å². The van der Waals surface area contributed by atoms with Gasteiger partial charge in [-0.25, -0.2) is 4.79 Å². The van der Waals surface area contributed by atoms with Gasteiger partial charge >= 0.3 is 5.97 Å². The molecule has 0 bridgehead atoms. The quantitative estimate of drug-likeness (QED) is 0.156. The Balaban J connectivity index is 1.64. The summed E-state index contributed by atoms with van der Waals surface area (Å²) in [4.78, 5) is 40.5. The molecule has 0 spiro atoms. The number of hydrogen-bond acceptors (Lipinski definition) is 8. The molecule has 286 valence electrons. The molecule has 4 aliphatic carbocycles. The van der Waals surface area contributed by atoms with E-state index in [-0.39, 0.29) is 47.7 Å². The van der Waals surface area contributed by atoms with E-state index in [2.05, 4.69) is 12.2 Å². The van der Waals surface area contributed by atoms with Gasteiger partial charge in [0.15, 0.2) is 5.78 Å². The summed E-state index contributed by atoms with van der Waals surface area (Å²) in [6.45, 7) is 16.5. The molecule has 0 saturated heterocycles. The van der Waals surface area contributed by atoms with Crippen LogP contribution in [-0.4, -0.2) is 80.6 Å². The lowest BCUT2D eigenvalue weighted by Crippen LogP contribution is -2.63. The summed E-state index contributed by atoms with van der Waals surface area (Å²) in [6.07, 6.45) is 2.39. The minimum absolute atomic E-state index is 0.0581. The van der Waals surface area contributed by atoms with Crippen molar-refractivity contribution in [3.8, 4) is 0 Å². The summed E-state index contributed by atoms with van der Waals surface area (Å²) in [5.74, 6) is -3.03. The van der Waals surface area contributed by atoms with Gasteiger partial charge in [-0.15, -0.1) is 0 Å². The van der Waals surface area contributed by atoms with Crippen LogP contribution >= 0.6 is 0 Å². The third kappa shape index (κ3) is 6.48. The number of aliphatic carboxylic acids is 1. The van der Waals surface area contributed by atoms with Crippen molar-refractivity contribution in [3.63, 3.8) is 0 Å². The van der Waals surface area contributed by atoms with Crippen LogP contribution in [0.25, 0.3) is 6.08 Å². The van der Waals surface area contributed by atoms with Crippen molar-refractivity contribution in [3.05, 3.63) is 64.8 Å². The SMILES string of the molecule is CCNC[C@H]([C@@H](C)[C@@H]1C[C@H](O)[C@]2(C)C3=C(C(=O)C[C@]12C)[C@@]1(C)CCC(=O)C(C)(C)[C@@H]1[C@@H](C=Cc1ccccc1)[C@H]3O)[C@H](O)C=C(C[C@H](C)O)C(=O)O. The predicted molar refractivity (Wildman–Crippen MR) is 201 cm³/mol. The van der Waals surface area contributed by atoms with Gasteiger partial charge in [0.1, 0.15) is 5.78 Å². The number of carbonyl (C=O) groups excluding carboxylic acids is 2. The van der Waals surface area contributed by atoms with Crippen LogP contribution in [0.5, 0.6) is 0 Å². The maximum Gasteiger partial charge on any atom is 0.331 e. The average Bonchev–Trinajstić information content (AvgIpc) is 3.27. The molecule has 0 aromatic heterocycles. The van der Waals surface area contributed by atoms with Gasteiger partial charge < -0.3 is 30.8 Å². The summed E-state index contributed by atoms with van der Waals surface area (Å²) < 4.78 is 0. The first-order chi connectivity index (χ1) is 24.3. The average molecular weight is 720 g/mol. The van der Waals surface area contributed by atoms with E-state index in [9.17, 15) is 39.9 Å². The van der Waals surface area contributed by atoms with Gasteiger partial charge in [-0.2, -0.15) is 0 Å². The van der Waals surface area contributed by atoms with Crippen molar-refractivity contribution >= 4 is 23.6 Å². The van der Waals surface area contributed by atoms with E-state index in [1.165, 1.54) is 13.0 Å². The molecule has 12 atom stereocenters. The summed E-state index contributed by atoms with van der Waals surface area (Å²) >= 11 is 0. The molecule has 1 aromatic rings. The molecular formula is C43H61NO8. The fourth-order valence-electron chi connectivity index (χ4n) is 11.5. The summed E-state index contributed by atoms with van der Waals surface area (Å²) in [5, 5.41) is 59.8.